The number of imidazole rings is 1. The van der Waals surface area contributed by atoms with Crippen LogP contribution in [0.2, 0.25) is 0 Å². The number of pyridine rings is 2. The van der Waals surface area contributed by atoms with Gasteiger partial charge in [-0.2, -0.15) is 0 Å². The summed E-state index contributed by atoms with van der Waals surface area (Å²) in [7, 11) is 2.19. The van der Waals surface area contributed by atoms with E-state index in [0.717, 1.165) is 50.2 Å². The van der Waals surface area contributed by atoms with E-state index < -0.39 is 0 Å². The van der Waals surface area contributed by atoms with Gasteiger partial charge in [0.1, 0.15) is 11.5 Å². The Morgan fingerprint density at radius 3 is 3.00 bits per heavy atom. The van der Waals surface area contributed by atoms with E-state index in [1.165, 1.54) is 23.5 Å². The molecule has 0 bridgehead atoms. The average molecular weight is 377 g/mol. The minimum atomic E-state index is 0.267. The monoisotopic (exact) mass is 376 g/mol. The first kappa shape index (κ1) is 17.6. The number of fused-ring (bicyclic) bond motifs is 2. The standard InChI is InChI=1S/C22H28N6/c1-26(19-7-2-5-16-6-4-11-24-22(16)19)14-18-15-28-20(25-18)8-3-9-21(28)27-12-10-17(23)13-27/h3-4,6,8-9,11,15,17,19H,2,5,7,10,12-14,23H2,1H3/t17-,19+/m1/s1. The van der Waals surface area contributed by atoms with Crippen LogP contribution >= 0.6 is 0 Å². The summed E-state index contributed by atoms with van der Waals surface area (Å²) in [5, 5.41) is 0. The Bertz CT molecular complexity index is 980. The number of nitrogens with zero attached hydrogens (tertiary/aromatic N) is 5. The van der Waals surface area contributed by atoms with Crippen molar-refractivity contribution in [2.24, 2.45) is 5.73 Å². The first-order valence-electron chi connectivity index (χ1n) is 10.3. The van der Waals surface area contributed by atoms with Crippen LogP contribution in [0, 0.1) is 0 Å². The van der Waals surface area contributed by atoms with Gasteiger partial charge in [-0.25, -0.2) is 4.98 Å². The van der Waals surface area contributed by atoms with Crippen molar-refractivity contribution in [3.05, 3.63) is 59.7 Å². The van der Waals surface area contributed by atoms with Gasteiger partial charge in [0.15, 0.2) is 0 Å². The van der Waals surface area contributed by atoms with Gasteiger partial charge in [0, 0.05) is 38.1 Å². The Morgan fingerprint density at radius 2 is 2.14 bits per heavy atom. The van der Waals surface area contributed by atoms with Gasteiger partial charge in [-0.1, -0.05) is 12.1 Å². The first-order valence-corrected chi connectivity index (χ1v) is 10.3. The summed E-state index contributed by atoms with van der Waals surface area (Å²) in [4.78, 5) is 14.4. The van der Waals surface area contributed by atoms with Gasteiger partial charge in [-0.3, -0.25) is 14.3 Å². The zero-order valence-electron chi connectivity index (χ0n) is 16.5. The van der Waals surface area contributed by atoms with Crippen molar-refractivity contribution in [3.8, 4) is 0 Å². The highest BCUT2D eigenvalue weighted by Gasteiger charge is 2.26. The van der Waals surface area contributed by atoms with Crippen LogP contribution in [-0.4, -0.2) is 45.4 Å². The second-order valence-corrected chi connectivity index (χ2v) is 8.21. The molecule has 6 nitrogen and oxygen atoms in total. The molecule has 0 amide bonds. The SMILES string of the molecule is CN(Cc1cn2c(N3CC[C@@H](N)C3)cccc2n1)[C@H]1CCCc2cccnc21. The maximum absolute atomic E-state index is 6.12. The third kappa shape index (κ3) is 3.16. The molecule has 1 fully saturated rings. The van der Waals surface area contributed by atoms with Gasteiger partial charge in [0.05, 0.1) is 17.4 Å². The topological polar surface area (TPSA) is 62.7 Å². The van der Waals surface area contributed by atoms with Crippen molar-refractivity contribution in [2.45, 2.75) is 44.3 Å². The number of aryl methyl sites for hydroxylation is 1. The normalized spacial score (nSPS) is 22.2. The van der Waals surface area contributed by atoms with Gasteiger partial charge >= 0.3 is 0 Å². The first-order chi connectivity index (χ1) is 13.7. The molecule has 6 heteroatoms. The van der Waals surface area contributed by atoms with Crippen LogP contribution in [0.4, 0.5) is 5.82 Å². The lowest BCUT2D eigenvalue weighted by molar-refractivity contribution is 0.206. The fourth-order valence-corrected chi connectivity index (χ4v) is 4.76. The third-order valence-electron chi connectivity index (χ3n) is 6.18. The van der Waals surface area contributed by atoms with Gasteiger partial charge < -0.3 is 10.6 Å². The molecule has 28 heavy (non-hydrogen) atoms. The number of aromatic nitrogens is 3. The number of rotatable bonds is 4. The fraction of sp³-hybridized carbons (Fsp3) is 0.455. The van der Waals surface area contributed by atoms with Gasteiger partial charge in [-0.15, -0.1) is 0 Å². The van der Waals surface area contributed by atoms with Gasteiger partial charge in [0.25, 0.3) is 0 Å². The average Bonchev–Trinajstić information content (AvgIpc) is 3.32. The van der Waals surface area contributed by atoms with Crippen LogP contribution in [0.1, 0.15) is 42.3 Å². The molecule has 0 aromatic carbocycles. The molecule has 0 unspecified atom stereocenters. The molecule has 1 aliphatic carbocycles. The van der Waals surface area contributed by atoms with E-state index in [-0.39, 0.29) is 6.04 Å². The quantitative estimate of drug-likeness (QED) is 0.759. The minimum absolute atomic E-state index is 0.267. The molecule has 0 saturated carbocycles. The molecular formula is C22H28N6. The molecule has 1 aliphatic heterocycles. The third-order valence-corrected chi connectivity index (χ3v) is 6.18. The zero-order valence-corrected chi connectivity index (χ0v) is 16.5. The summed E-state index contributed by atoms with van der Waals surface area (Å²) in [5.74, 6) is 1.19. The Morgan fingerprint density at radius 1 is 1.21 bits per heavy atom. The lowest BCUT2D eigenvalue weighted by Gasteiger charge is -2.31. The van der Waals surface area contributed by atoms with Crippen molar-refractivity contribution in [3.63, 3.8) is 0 Å². The van der Waals surface area contributed by atoms with E-state index in [1.807, 2.05) is 6.20 Å². The summed E-state index contributed by atoms with van der Waals surface area (Å²) in [5.41, 5.74) is 10.9. The van der Waals surface area contributed by atoms with E-state index >= 15 is 0 Å². The number of hydrogen-bond acceptors (Lipinski definition) is 5. The van der Waals surface area contributed by atoms with E-state index in [4.69, 9.17) is 15.7 Å². The molecule has 2 aliphatic rings. The molecule has 2 atom stereocenters. The van der Waals surface area contributed by atoms with E-state index in [0.29, 0.717) is 6.04 Å². The molecule has 0 radical (unpaired) electrons. The number of nitrogens with two attached hydrogens (primary N) is 1. The van der Waals surface area contributed by atoms with Crippen LogP contribution in [0.5, 0.6) is 0 Å². The largest absolute Gasteiger partial charge is 0.356 e. The van der Waals surface area contributed by atoms with Crippen LogP contribution in [0.15, 0.2) is 42.7 Å². The Labute approximate surface area is 166 Å². The van der Waals surface area contributed by atoms with Crippen LogP contribution in [0.3, 0.4) is 0 Å². The van der Waals surface area contributed by atoms with Gasteiger partial charge in [0.2, 0.25) is 0 Å². The molecular weight excluding hydrogens is 348 g/mol. The van der Waals surface area contributed by atoms with Crippen molar-refractivity contribution in [2.75, 3.05) is 25.0 Å². The zero-order chi connectivity index (χ0) is 19.1. The number of anilines is 1. The maximum Gasteiger partial charge on any atom is 0.138 e. The highest BCUT2D eigenvalue weighted by molar-refractivity contribution is 5.53. The molecule has 0 spiro atoms. The van der Waals surface area contributed by atoms with Crippen molar-refractivity contribution < 1.29 is 0 Å². The van der Waals surface area contributed by atoms with Crippen LogP contribution in [-0.2, 0) is 13.0 Å². The summed E-state index contributed by atoms with van der Waals surface area (Å²) < 4.78 is 2.22. The van der Waals surface area contributed by atoms with E-state index in [2.05, 4.69) is 57.8 Å². The summed E-state index contributed by atoms with van der Waals surface area (Å²) in [6.45, 7) is 2.75. The molecule has 1 saturated heterocycles. The van der Waals surface area contributed by atoms with E-state index in [9.17, 15) is 0 Å². The Kier molecular flexibility index (Phi) is 4.53. The van der Waals surface area contributed by atoms with Crippen LogP contribution < -0.4 is 10.6 Å². The lowest BCUT2D eigenvalue weighted by atomic mass is 9.91. The highest BCUT2D eigenvalue weighted by atomic mass is 15.3. The second kappa shape index (κ2) is 7.18. The molecule has 2 N–H and O–H groups in total. The molecule has 3 aromatic rings. The summed E-state index contributed by atoms with van der Waals surface area (Å²) >= 11 is 0. The Hall–Kier alpha value is -2.44. The highest BCUT2D eigenvalue weighted by Crippen LogP contribution is 2.32. The maximum atomic E-state index is 6.12. The number of hydrogen-bond donors (Lipinski definition) is 1. The minimum Gasteiger partial charge on any atom is -0.356 e. The second-order valence-electron chi connectivity index (χ2n) is 8.21. The predicted octanol–water partition coefficient (Wildman–Crippen LogP) is 2.78. The van der Waals surface area contributed by atoms with Crippen molar-refractivity contribution >= 4 is 11.5 Å². The smallest absolute Gasteiger partial charge is 0.138 e. The summed E-state index contributed by atoms with van der Waals surface area (Å²) in [6, 6.07) is 11.3. The molecule has 5 rings (SSSR count). The Balaban J connectivity index is 1.40. The molecule has 146 valence electrons. The lowest BCUT2D eigenvalue weighted by Crippen LogP contribution is -2.28. The predicted molar refractivity (Wildman–Crippen MR) is 111 cm³/mol. The van der Waals surface area contributed by atoms with Crippen LogP contribution in [0.25, 0.3) is 5.65 Å². The van der Waals surface area contributed by atoms with Gasteiger partial charge in [-0.05, 0) is 56.5 Å². The summed E-state index contributed by atoms with van der Waals surface area (Å²) in [6.07, 6.45) is 8.68. The van der Waals surface area contributed by atoms with E-state index in [1.54, 1.807) is 0 Å². The van der Waals surface area contributed by atoms with Crippen molar-refractivity contribution in [1.82, 2.24) is 19.3 Å². The fourth-order valence-electron chi connectivity index (χ4n) is 4.76. The van der Waals surface area contributed by atoms with Crippen molar-refractivity contribution in [1.29, 1.82) is 0 Å². The molecule has 4 heterocycles. The molecule has 3 aromatic heterocycles.